The molecule has 118 valence electrons. The molecular formula is C17H22N2O3. The van der Waals surface area contributed by atoms with E-state index in [0.717, 1.165) is 16.8 Å². The molecule has 22 heavy (non-hydrogen) atoms. The van der Waals surface area contributed by atoms with Gasteiger partial charge >= 0.3 is 0 Å². The van der Waals surface area contributed by atoms with Gasteiger partial charge in [0.25, 0.3) is 0 Å². The van der Waals surface area contributed by atoms with Crippen molar-refractivity contribution in [3.63, 3.8) is 0 Å². The van der Waals surface area contributed by atoms with Gasteiger partial charge in [0, 0.05) is 18.8 Å². The molecular weight excluding hydrogens is 280 g/mol. The van der Waals surface area contributed by atoms with Crippen LogP contribution in [0.2, 0.25) is 0 Å². The maximum absolute atomic E-state index is 12.7. The number of rotatable bonds is 3. The first kappa shape index (κ1) is 15.0. The highest BCUT2D eigenvalue weighted by molar-refractivity contribution is 6.13. The molecule has 0 radical (unpaired) electrons. The van der Waals surface area contributed by atoms with Crippen molar-refractivity contribution in [3.05, 3.63) is 29.3 Å². The SMILES string of the molecule is Cc1ccc(C)c(NC(=O)C2(C(=O)N3CCOCC3)CC2)c1. The third kappa shape index (κ3) is 2.73. The summed E-state index contributed by atoms with van der Waals surface area (Å²) in [6, 6.07) is 5.94. The molecule has 1 aliphatic heterocycles. The molecule has 0 atom stereocenters. The van der Waals surface area contributed by atoms with E-state index in [1.165, 1.54) is 0 Å². The normalized spacial score (nSPS) is 19.6. The number of aryl methyl sites for hydroxylation is 2. The van der Waals surface area contributed by atoms with Crippen LogP contribution in [0.25, 0.3) is 0 Å². The van der Waals surface area contributed by atoms with E-state index >= 15 is 0 Å². The number of carbonyl (C=O) groups excluding carboxylic acids is 2. The largest absolute Gasteiger partial charge is 0.378 e. The number of hydrogen-bond acceptors (Lipinski definition) is 3. The Bertz CT molecular complexity index is 602. The average molecular weight is 302 g/mol. The highest BCUT2D eigenvalue weighted by atomic mass is 16.5. The van der Waals surface area contributed by atoms with Crippen LogP contribution in [0.1, 0.15) is 24.0 Å². The van der Waals surface area contributed by atoms with Gasteiger partial charge in [-0.15, -0.1) is 0 Å². The Hall–Kier alpha value is -1.88. The van der Waals surface area contributed by atoms with Crippen molar-refractivity contribution >= 4 is 17.5 Å². The van der Waals surface area contributed by atoms with Crippen molar-refractivity contribution in [3.8, 4) is 0 Å². The van der Waals surface area contributed by atoms with Crippen LogP contribution in [-0.4, -0.2) is 43.0 Å². The summed E-state index contributed by atoms with van der Waals surface area (Å²) >= 11 is 0. The highest BCUT2D eigenvalue weighted by Gasteiger charge is 2.58. The van der Waals surface area contributed by atoms with E-state index in [1.54, 1.807) is 4.90 Å². The van der Waals surface area contributed by atoms with Gasteiger partial charge in [0.05, 0.1) is 13.2 Å². The third-order valence-corrected chi connectivity index (χ3v) is 4.53. The maximum atomic E-state index is 12.7. The molecule has 0 aromatic heterocycles. The number of nitrogens with zero attached hydrogens (tertiary/aromatic N) is 1. The Morgan fingerprint density at radius 1 is 1.18 bits per heavy atom. The number of morpholine rings is 1. The number of anilines is 1. The molecule has 1 aliphatic carbocycles. The van der Waals surface area contributed by atoms with E-state index < -0.39 is 5.41 Å². The van der Waals surface area contributed by atoms with Gasteiger partial charge in [-0.1, -0.05) is 12.1 Å². The van der Waals surface area contributed by atoms with Crippen molar-refractivity contribution < 1.29 is 14.3 Å². The zero-order valence-electron chi connectivity index (χ0n) is 13.1. The molecule has 2 amide bonds. The summed E-state index contributed by atoms with van der Waals surface area (Å²) < 4.78 is 5.27. The van der Waals surface area contributed by atoms with E-state index in [0.29, 0.717) is 39.1 Å². The summed E-state index contributed by atoms with van der Waals surface area (Å²) in [6.45, 7) is 6.22. The zero-order chi connectivity index (χ0) is 15.7. The first-order valence-electron chi connectivity index (χ1n) is 7.79. The Kier molecular flexibility index (Phi) is 3.91. The van der Waals surface area contributed by atoms with Crippen LogP contribution in [0.5, 0.6) is 0 Å². The smallest absolute Gasteiger partial charge is 0.240 e. The minimum atomic E-state index is -0.854. The van der Waals surface area contributed by atoms with E-state index in [-0.39, 0.29) is 11.8 Å². The first-order valence-corrected chi connectivity index (χ1v) is 7.79. The van der Waals surface area contributed by atoms with Gasteiger partial charge in [-0.2, -0.15) is 0 Å². The minimum absolute atomic E-state index is 0.0430. The fourth-order valence-corrected chi connectivity index (χ4v) is 2.84. The van der Waals surface area contributed by atoms with Crippen molar-refractivity contribution in [2.45, 2.75) is 26.7 Å². The fourth-order valence-electron chi connectivity index (χ4n) is 2.84. The van der Waals surface area contributed by atoms with Crippen LogP contribution in [0.15, 0.2) is 18.2 Å². The van der Waals surface area contributed by atoms with Gasteiger partial charge in [-0.3, -0.25) is 9.59 Å². The van der Waals surface area contributed by atoms with Crippen LogP contribution in [0.4, 0.5) is 5.69 Å². The molecule has 1 heterocycles. The zero-order valence-corrected chi connectivity index (χ0v) is 13.1. The fraction of sp³-hybridized carbons (Fsp3) is 0.529. The standard InChI is InChI=1S/C17H22N2O3/c1-12-3-4-13(2)14(11-12)18-15(20)17(5-6-17)16(21)19-7-9-22-10-8-19/h3-4,11H,5-10H2,1-2H3,(H,18,20). The first-order chi connectivity index (χ1) is 10.5. The second kappa shape index (κ2) is 5.72. The number of amides is 2. The summed E-state index contributed by atoms with van der Waals surface area (Å²) in [7, 11) is 0. The molecule has 1 saturated carbocycles. The van der Waals surface area contributed by atoms with Gasteiger partial charge in [0.1, 0.15) is 5.41 Å². The van der Waals surface area contributed by atoms with Crippen LogP contribution < -0.4 is 5.32 Å². The predicted octanol–water partition coefficient (Wildman–Crippen LogP) is 1.88. The van der Waals surface area contributed by atoms with Crippen LogP contribution >= 0.6 is 0 Å². The van der Waals surface area contributed by atoms with Gasteiger partial charge in [0.15, 0.2) is 0 Å². The number of benzene rings is 1. The van der Waals surface area contributed by atoms with Gasteiger partial charge in [-0.25, -0.2) is 0 Å². The average Bonchev–Trinajstić information content (AvgIpc) is 3.33. The summed E-state index contributed by atoms with van der Waals surface area (Å²) in [6.07, 6.45) is 1.28. The van der Waals surface area contributed by atoms with Crippen molar-refractivity contribution in [1.29, 1.82) is 0 Å². The van der Waals surface area contributed by atoms with Gasteiger partial charge in [0.2, 0.25) is 11.8 Å². The Labute approximate surface area is 130 Å². The topological polar surface area (TPSA) is 58.6 Å². The summed E-state index contributed by atoms with van der Waals surface area (Å²) in [5, 5.41) is 2.96. The van der Waals surface area contributed by atoms with Crippen molar-refractivity contribution in [2.75, 3.05) is 31.6 Å². The van der Waals surface area contributed by atoms with Gasteiger partial charge < -0.3 is 15.0 Å². The number of hydrogen-bond donors (Lipinski definition) is 1. The molecule has 0 unspecified atom stereocenters. The van der Waals surface area contributed by atoms with Crippen LogP contribution in [0, 0.1) is 19.3 Å². The highest BCUT2D eigenvalue weighted by Crippen LogP contribution is 2.48. The Morgan fingerprint density at radius 2 is 1.86 bits per heavy atom. The van der Waals surface area contributed by atoms with Crippen LogP contribution in [-0.2, 0) is 14.3 Å². The van der Waals surface area contributed by atoms with E-state index in [9.17, 15) is 9.59 Å². The maximum Gasteiger partial charge on any atom is 0.240 e. The minimum Gasteiger partial charge on any atom is -0.378 e. The van der Waals surface area contributed by atoms with Gasteiger partial charge in [-0.05, 0) is 43.9 Å². The molecule has 5 nitrogen and oxygen atoms in total. The van der Waals surface area contributed by atoms with E-state index in [1.807, 2.05) is 32.0 Å². The summed E-state index contributed by atoms with van der Waals surface area (Å²) in [5.41, 5.74) is 2.04. The Balaban J connectivity index is 1.73. The lowest BCUT2D eigenvalue weighted by Gasteiger charge is -2.30. The lowest BCUT2D eigenvalue weighted by atomic mass is 10.0. The molecule has 2 aliphatic rings. The van der Waals surface area contributed by atoms with E-state index in [4.69, 9.17) is 4.74 Å². The molecule has 2 fully saturated rings. The van der Waals surface area contributed by atoms with Crippen molar-refractivity contribution in [2.24, 2.45) is 5.41 Å². The molecule has 1 aromatic rings. The third-order valence-electron chi connectivity index (χ3n) is 4.53. The molecule has 5 heteroatoms. The van der Waals surface area contributed by atoms with Crippen LogP contribution in [0.3, 0.4) is 0 Å². The second-order valence-corrected chi connectivity index (χ2v) is 6.26. The monoisotopic (exact) mass is 302 g/mol. The molecule has 1 N–H and O–H groups in total. The second-order valence-electron chi connectivity index (χ2n) is 6.26. The van der Waals surface area contributed by atoms with Crippen molar-refractivity contribution in [1.82, 2.24) is 4.90 Å². The van der Waals surface area contributed by atoms with E-state index in [2.05, 4.69) is 5.32 Å². The Morgan fingerprint density at radius 3 is 2.50 bits per heavy atom. The molecule has 3 rings (SSSR count). The molecule has 1 saturated heterocycles. The number of ether oxygens (including phenoxy) is 1. The molecule has 1 aromatic carbocycles. The lowest BCUT2D eigenvalue weighted by molar-refractivity contribution is -0.145. The number of carbonyl (C=O) groups is 2. The predicted molar refractivity (Wildman–Crippen MR) is 83.6 cm³/mol. The molecule has 0 spiro atoms. The summed E-state index contributed by atoms with van der Waals surface area (Å²) in [5.74, 6) is -0.212. The quantitative estimate of drug-likeness (QED) is 0.867. The summed E-state index contributed by atoms with van der Waals surface area (Å²) in [4.78, 5) is 27.1. The lowest BCUT2D eigenvalue weighted by Crippen LogP contribution is -2.47. The molecule has 0 bridgehead atoms. The number of nitrogens with one attached hydrogen (secondary N) is 1.